The van der Waals surface area contributed by atoms with Crippen LogP contribution in [0.15, 0.2) is 48.7 Å². The molecule has 32 heavy (non-hydrogen) atoms. The van der Waals surface area contributed by atoms with Gasteiger partial charge in [-0.25, -0.2) is 4.79 Å². The normalized spacial score (nSPS) is 19.3. The molecule has 2 unspecified atom stereocenters. The summed E-state index contributed by atoms with van der Waals surface area (Å²) in [6.07, 6.45) is 3.61. The van der Waals surface area contributed by atoms with Crippen LogP contribution in [0.5, 0.6) is 0 Å². The SMILES string of the molecule is CC(C)(C)C1CC(Cc2c[nH]c3c(C(N)=O)cc(-c4ccccc4)cc23)CCN1C(=O)O. The average molecular weight is 434 g/mol. The zero-order chi connectivity index (χ0) is 23.0. The Hall–Kier alpha value is -3.28. The number of likely N-dealkylation sites (tertiary alicyclic amines) is 1. The summed E-state index contributed by atoms with van der Waals surface area (Å²) >= 11 is 0. The number of hydrogen-bond donors (Lipinski definition) is 3. The summed E-state index contributed by atoms with van der Waals surface area (Å²) in [4.78, 5) is 28.8. The van der Waals surface area contributed by atoms with E-state index >= 15 is 0 Å². The molecule has 6 heteroatoms. The second-order valence-corrected chi connectivity index (χ2v) is 9.94. The average Bonchev–Trinajstić information content (AvgIpc) is 3.15. The number of nitrogens with two attached hydrogens (primary N) is 1. The third-order valence-electron chi connectivity index (χ3n) is 6.71. The summed E-state index contributed by atoms with van der Waals surface area (Å²) in [6.45, 7) is 6.86. The monoisotopic (exact) mass is 433 g/mol. The number of carbonyl (C=O) groups excluding carboxylic acids is 1. The molecule has 168 valence electrons. The molecule has 0 radical (unpaired) electrons. The van der Waals surface area contributed by atoms with Gasteiger partial charge in [-0.3, -0.25) is 4.79 Å². The molecule has 6 nitrogen and oxygen atoms in total. The van der Waals surface area contributed by atoms with E-state index in [4.69, 9.17) is 5.73 Å². The topological polar surface area (TPSA) is 99.4 Å². The molecular formula is C26H31N3O3. The summed E-state index contributed by atoms with van der Waals surface area (Å²) in [6, 6.07) is 13.9. The number of aromatic nitrogens is 1. The molecule has 0 saturated carbocycles. The first kappa shape index (κ1) is 21.9. The van der Waals surface area contributed by atoms with Gasteiger partial charge in [0, 0.05) is 24.2 Å². The highest BCUT2D eigenvalue weighted by Gasteiger charge is 2.38. The van der Waals surface area contributed by atoms with E-state index in [1.807, 2.05) is 42.6 Å². The predicted octanol–water partition coefficient (Wildman–Crippen LogP) is 5.28. The molecule has 0 bridgehead atoms. The maximum absolute atomic E-state index is 12.2. The number of amides is 2. The molecule has 3 aromatic rings. The summed E-state index contributed by atoms with van der Waals surface area (Å²) in [5.41, 5.74) is 9.97. The third-order valence-corrected chi connectivity index (χ3v) is 6.71. The molecule has 0 aliphatic carbocycles. The molecule has 2 heterocycles. The van der Waals surface area contributed by atoms with Crippen LogP contribution in [-0.4, -0.2) is 39.6 Å². The van der Waals surface area contributed by atoms with E-state index in [-0.39, 0.29) is 11.5 Å². The quantitative estimate of drug-likeness (QED) is 0.522. The van der Waals surface area contributed by atoms with Crippen molar-refractivity contribution in [1.82, 2.24) is 9.88 Å². The van der Waals surface area contributed by atoms with Gasteiger partial charge in [-0.1, -0.05) is 51.1 Å². The van der Waals surface area contributed by atoms with Crippen LogP contribution in [-0.2, 0) is 6.42 Å². The summed E-state index contributed by atoms with van der Waals surface area (Å²) < 4.78 is 0. The highest BCUT2D eigenvalue weighted by molar-refractivity contribution is 6.07. The number of nitrogens with one attached hydrogen (secondary N) is 1. The number of carbonyl (C=O) groups is 2. The van der Waals surface area contributed by atoms with Crippen molar-refractivity contribution in [3.63, 3.8) is 0 Å². The lowest BCUT2D eigenvalue weighted by Gasteiger charge is -2.44. The molecule has 4 rings (SSSR count). The zero-order valence-corrected chi connectivity index (χ0v) is 18.9. The summed E-state index contributed by atoms with van der Waals surface area (Å²) in [7, 11) is 0. The minimum atomic E-state index is -0.839. The molecule has 2 atom stereocenters. The molecule has 1 aliphatic rings. The number of benzene rings is 2. The van der Waals surface area contributed by atoms with Gasteiger partial charge in [-0.15, -0.1) is 0 Å². The Kier molecular flexibility index (Phi) is 5.71. The fourth-order valence-corrected chi connectivity index (χ4v) is 5.03. The van der Waals surface area contributed by atoms with Gasteiger partial charge in [0.15, 0.2) is 0 Å². The number of fused-ring (bicyclic) bond motifs is 1. The van der Waals surface area contributed by atoms with E-state index in [1.54, 1.807) is 4.90 Å². The van der Waals surface area contributed by atoms with E-state index < -0.39 is 12.0 Å². The minimum absolute atomic E-state index is 0.0231. The first-order valence-electron chi connectivity index (χ1n) is 11.1. The van der Waals surface area contributed by atoms with Gasteiger partial charge in [0.2, 0.25) is 0 Å². The Morgan fingerprint density at radius 2 is 1.88 bits per heavy atom. The second kappa shape index (κ2) is 8.34. The van der Waals surface area contributed by atoms with Crippen LogP contribution in [0.4, 0.5) is 4.79 Å². The van der Waals surface area contributed by atoms with Crippen molar-refractivity contribution in [3.05, 3.63) is 59.8 Å². The number of aromatic amines is 1. The standard InChI is InChI=1S/C26H31N3O3/c1-26(2,3)22-12-16(9-10-29(22)25(31)32)11-19-15-28-23-20(19)13-18(14-21(23)24(27)30)17-7-5-4-6-8-17/h4-8,13-16,22,28H,9-12H2,1-3H3,(H2,27,30)(H,31,32). The summed E-state index contributed by atoms with van der Waals surface area (Å²) in [5, 5.41) is 10.7. The zero-order valence-electron chi connectivity index (χ0n) is 18.9. The van der Waals surface area contributed by atoms with Gasteiger partial charge in [0.1, 0.15) is 0 Å². The molecule has 4 N–H and O–H groups in total. The number of rotatable bonds is 4. The Bertz CT molecular complexity index is 1140. The number of H-pyrrole nitrogens is 1. The first-order chi connectivity index (χ1) is 15.1. The maximum atomic E-state index is 12.2. The Morgan fingerprint density at radius 1 is 1.16 bits per heavy atom. The van der Waals surface area contributed by atoms with Crippen molar-refractivity contribution in [2.45, 2.75) is 46.1 Å². The van der Waals surface area contributed by atoms with Crippen LogP contribution in [0, 0.1) is 11.3 Å². The molecular weight excluding hydrogens is 402 g/mol. The lowest BCUT2D eigenvalue weighted by Crippen LogP contribution is -2.51. The van der Waals surface area contributed by atoms with Crippen molar-refractivity contribution >= 4 is 22.9 Å². The Morgan fingerprint density at radius 3 is 2.50 bits per heavy atom. The van der Waals surface area contributed by atoms with Crippen molar-refractivity contribution in [2.24, 2.45) is 17.1 Å². The van der Waals surface area contributed by atoms with E-state index in [0.29, 0.717) is 18.0 Å². The smallest absolute Gasteiger partial charge is 0.407 e. The lowest BCUT2D eigenvalue weighted by molar-refractivity contribution is 0.0407. The van der Waals surface area contributed by atoms with Gasteiger partial charge in [0.25, 0.3) is 5.91 Å². The van der Waals surface area contributed by atoms with E-state index in [0.717, 1.165) is 46.9 Å². The molecule has 1 saturated heterocycles. The van der Waals surface area contributed by atoms with Crippen molar-refractivity contribution < 1.29 is 14.7 Å². The highest BCUT2D eigenvalue weighted by atomic mass is 16.4. The number of hydrogen-bond acceptors (Lipinski definition) is 2. The van der Waals surface area contributed by atoms with Crippen LogP contribution < -0.4 is 5.73 Å². The first-order valence-corrected chi connectivity index (χ1v) is 11.1. The molecule has 2 amide bonds. The largest absolute Gasteiger partial charge is 0.465 e. The molecule has 2 aromatic carbocycles. The van der Waals surface area contributed by atoms with Crippen molar-refractivity contribution in [1.29, 1.82) is 0 Å². The summed E-state index contributed by atoms with van der Waals surface area (Å²) in [5.74, 6) is -0.0880. The van der Waals surface area contributed by atoms with Crippen LogP contribution in [0.1, 0.15) is 49.5 Å². The van der Waals surface area contributed by atoms with Gasteiger partial charge in [-0.2, -0.15) is 0 Å². The van der Waals surface area contributed by atoms with Gasteiger partial charge < -0.3 is 20.7 Å². The van der Waals surface area contributed by atoms with Gasteiger partial charge >= 0.3 is 6.09 Å². The highest BCUT2D eigenvalue weighted by Crippen LogP contribution is 2.37. The maximum Gasteiger partial charge on any atom is 0.407 e. The third kappa shape index (κ3) is 4.22. The molecule has 0 spiro atoms. The molecule has 1 aliphatic heterocycles. The van der Waals surface area contributed by atoms with E-state index in [2.05, 4.69) is 31.8 Å². The fraction of sp³-hybridized carbons (Fsp3) is 0.385. The lowest BCUT2D eigenvalue weighted by atomic mass is 9.75. The van der Waals surface area contributed by atoms with Crippen molar-refractivity contribution in [3.8, 4) is 11.1 Å². The number of primary amides is 1. The molecule has 1 fully saturated rings. The molecule has 1 aromatic heterocycles. The number of piperidine rings is 1. The van der Waals surface area contributed by atoms with Crippen molar-refractivity contribution in [2.75, 3.05) is 6.54 Å². The van der Waals surface area contributed by atoms with Crippen LogP contribution in [0.3, 0.4) is 0 Å². The fourth-order valence-electron chi connectivity index (χ4n) is 5.03. The van der Waals surface area contributed by atoms with Gasteiger partial charge in [0.05, 0.1) is 11.1 Å². The second-order valence-electron chi connectivity index (χ2n) is 9.94. The van der Waals surface area contributed by atoms with Gasteiger partial charge in [-0.05, 0) is 59.4 Å². The van der Waals surface area contributed by atoms with Crippen LogP contribution >= 0.6 is 0 Å². The minimum Gasteiger partial charge on any atom is -0.465 e. The van der Waals surface area contributed by atoms with Crippen LogP contribution in [0.2, 0.25) is 0 Å². The Labute approximate surface area is 188 Å². The number of nitrogens with zero attached hydrogens (tertiary/aromatic N) is 1. The number of carboxylic acid groups (broad SMARTS) is 1. The predicted molar refractivity (Wildman–Crippen MR) is 127 cm³/mol. The Balaban J connectivity index is 1.69. The van der Waals surface area contributed by atoms with Crippen LogP contribution in [0.25, 0.3) is 22.0 Å². The van der Waals surface area contributed by atoms with E-state index in [1.165, 1.54) is 0 Å². The van der Waals surface area contributed by atoms with E-state index in [9.17, 15) is 14.7 Å².